The number of anilines is 3. The van der Waals surface area contributed by atoms with Crippen LogP contribution in [0.1, 0.15) is 0 Å². The summed E-state index contributed by atoms with van der Waals surface area (Å²) < 4.78 is 6.02. The van der Waals surface area contributed by atoms with E-state index >= 15 is 0 Å². The molecule has 2 rings (SSSR count). The highest BCUT2D eigenvalue weighted by Gasteiger charge is 2.02. The molecule has 0 amide bonds. The summed E-state index contributed by atoms with van der Waals surface area (Å²) in [6, 6.07) is 7.31. The maximum Gasteiger partial charge on any atom is 0.135 e. The molecule has 88 valence electrons. The van der Waals surface area contributed by atoms with Crippen LogP contribution in [0.3, 0.4) is 0 Å². The van der Waals surface area contributed by atoms with E-state index in [2.05, 4.69) is 31.2 Å². The number of aromatic nitrogens is 2. The molecule has 17 heavy (non-hydrogen) atoms. The number of nitrogens with zero attached hydrogens (tertiary/aromatic N) is 2. The molecule has 1 aromatic carbocycles. The summed E-state index contributed by atoms with van der Waals surface area (Å²) >= 11 is 3.41. The Morgan fingerprint density at radius 3 is 2.76 bits per heavy atom. The molecule has 1 aromatic heterocycles. The number of nitrogen functional groups attached to an aromatic ring is 1. The standard InChI is InChI=1S/C11H11BrN4O/c1-17-9-3-2-7(4-8(9)12)16-11-5-10(13)14-6-15-11/h2-6H,1H3,(H3,13,14,15,16). The summed E-state index contributed by atoms with van der Waals surface area (Å²) in [4.78, 5) is 7.88. The largest absolute Gasteiger partial charge is 0.496 e. The molecule has 0 saturated heterocycles. The van der Waals surface area contributed by atoms with Gasteiger partial charge in [0.2, 0.25) is 0 Å². The first-order valence-electron chi connectivity index (χ1n) is 4.87. The van der Waals surface area contributed by atoms with Crippen LogP contribution in [0.4, 0.5) is 17.3 Å². The lowest BCUT2D eigenvalue weighted by molar-refractivity contribution is 0.412. The highest BCUT2D eigenvalue weighted by atomic mass is 79.9. The number of methoxy groups -OCH3 is 1. The molecule has 0 spiro atoms. The van der Waals surface area contributed by atoms with Gasteiger partial charge in [0.25, 0.3) is 0 Å². The summed E-state index contributed by atoms with van der Waals surface area (Å²) in [5.41, 5.74) is 6.45. The molecule has 0 fully saturated rings. The molecule has 0 radical (unpaired) electrons. The van der Waals surface area contributed by atoms with Crippen LogP contribution >= 0.6 is 15.9 Å². The smallest absolute Gasteiger partial charge is 0.135 e. The lowest BCUT2D eigenvalue weighted by atomic mass is 10.3. The Morgan fingerprint density at radius 1 is 1.29 bits per heavy atom. The number of hydrogen-bond acceptors (Lipinski definition) is 5. The Hall–Kier alpha value is -1.82. The van der Waals surface area contributed by atoms with Gasteiger partial charge in [-0.3, -0.25) is 0 Å². The lowest BCUT2D eigenvalue weighted by Gasteiger charge is -2.08. The van der Waals surface area contributed by atoms with Crippen LogP contribution in [-0.2, 0) is 0 Å². The number of halogens is 1. The fourth-order valence-corrected chi connectivity index (χ4v) is 1.87. The highest BCUT2D eigenvalue weighted by molar-refractivity contribution is 9.10. The minimum Gasteiger partial charge on any atom is -0.496 e. The van der Waals surface area contributed by atoms with E-state index in [9.17, 15) is 0 Å². The van der Waals surface area contributed by atoms with E-state index in [1.807, 2.05) is 18.2 Å². The molecular weight excluding hydrogens is 284 g/mol. The maximum absolute atomic E-state index is 5.57. The van der Waals surface area contributed by atoms with Crippen LogP contribution in [-0.4, -0.2) is 17.1 Å². The average molecular weight is 295 g/mol. The van der Waals surface area contributed by atoms with E-state index in [-0.39, 0.29) is 0 Å². The fourth-order valence-electron chi connectivity index (χ4n) is 1.33. The topological polar surface area (TPSA) is 73.1 Å². The van der Waals surface area contributed by atoms with Crippen molar-refractivity contribution >= 4 is 33.3 Å². The zero-order valence-corrected chi connectivity index (χ0v) is 10.7. The zero-order chi connectivity index (χ0) is 12.3. The van der Waals surface area contributed by atoms with Crippen molar-refractivity contribution in [1.82, 2.24) is 9.97 Å². The van der Waals surface area contributed by atoms with Crippen LogP contribution < -0.4 is 15.8 Å². The van der Waals surface area contributed by atoms with E-state index in [0.717, 1.165) is 15.9 Å². The second-order valence-electron chi connectivity index (χ2n) is 3.30. The van der Waals surface area contributed by atoms with E-state index in [1.54, 1.807) is 13.2 Å². The van der Waals surface area contributed by atoms with E-state index in [4.69, 9.17) is 10.5 Å². The minimum absolute atomic E-state index is 0.426. The Balaban J connectivity index is 2.22. The molecule has 6 heteroatoms. The van der Waals surface area contributed by atoms with Gasteiger partial charge in [0.1, 0.15) is 23.7 Å². The Labute approximate surface area is 107 Å². The zero-order valence-electron chi connectivity index (χ0n) is 9.14. The van der Waals surface area contributed by atoms with Crippen molar-refractivity contribution in [3.8, 4) is 5.75 Å². The summed E-state index contributed by atoms with van der Waals surface area (Å²) in [6.07, 6.45) is 1.41. The van der Waals surface area contributed by atoms with Gasteiger partial charge in [-0.15, -0.1) is 0 Å². The van der Waals surface area contributed by atoms with E-state index in [1.165, 1.54) is 6.33 Å². The van der Waals surface area contributed by atoms with Gasteiger partial charge >= 0.3 is 0 Å². The predicted octanol–water partition coefficient (Wildman–Crippen LogP) is 2.57. The molecule has 2 aromatic rings. The average Bonchev–Trinajstić information content (AvgIpc) is 2.29. The van der Waals surface area contributed by atoms with Crippen LogP contribution in [0.25, 0.3) is 0 Å². The van der Waals surface area contributed by atoms with Crippen molar-refractivity contribution in [3.63, 3.8) is 0 Å². The molecule has 5 nitrogen and oxygen atoms in total. The van der Waals surface area contributed by atoms with Gasteiger partial charge in [0.05, 0.1) is 11.6 Å². The molecule has 0 atom stereocenters. The monoisotopic (exact) mass is 294 g/mol. The Bertz CT molecular complexity index is 533. The van der Waals surface area contributed by atoms with Crippen molar-refractivity contribution < 1.29 is 4.74 Å². The van der Waals surface area contributed by atoms with E-state index < -0.39 is 0 Å². The molecule has 1 heterocycles. The van der Waals surface area contributed by atoms with Gasteiger partial charge in [-0.1, -0.05) is 0 Å². The first-order valence-corrected chi connectivity index (χ1v) is 5.66. The molecule has 0 aliphatic rings. The van der Waals surface area contributed by atoms with Crippen molar-refractivity contribution in [2.24, 2.45) is 0 Å². The Morgan fingerprint density at radius 2 is 2.12 bits per heavy atom. The molecule has 0 saturated carbocycles. The summed E-state index contributed by atoms with van der Waals surface area (Å²) in [7, 11) is 1.62. The van der Waals surface area contributed by atoms with Crippen molar-refractivity contribution in [2.45, 2.75) is 0 Å². The van der Waals surface area contributed by atoms with Crippen LogP contribution in [0.15, 0.2) is 35.1 Å². The third-order valence-corrected chi connectivity index (χ3v) is 2.73. The summed E-state index contributed by atoms with van der Waals surface area (Å²) in [5, 5.41) is 3.12. The first-order chi connectivity index (χ1) is 8.19. The lowest BCUT2D eigenvalue weighted by Crippen LogP contribution is -1.97. The van der Waals surface area contributed by atoms with Crippen LogP contribution in [0.5, 0.6) is 5.75 Å². The van der Waals surface area contributed by atoms with Gasteiger partial charge in [0, 0.05) is 11.8 Å². The number of nitrogens with one attached hydrogen (secondary N) is 1. The molecule has 0 aliphatic heterocycles. The molecule has 0 unspecified atom stereocenters. The summed E-state index contributed by atoms with van der Waals surface area (Å²) in [6.45, 7) is 0. The fraction of sp³-hybridized carbons (Fsp3) is 0.0909. The van der Waals surface area contributed by atoms with Crippen molar-refractivity contribution in [3.05, 3.63) is 35.1 Å². The SMILES string of the molecule is COc1ccc(Nc2cc(N)ncn2)cc1Br. The van der Waals surface area contributed by atoms with Crippen molar-refractivity contribution in [2.75, 3.05) is 18.2 Å². The minimum atomic E-state index is 0.426. The van der Waals surface area contributed by atoms with Crippen LogP contribution in [0.2, 0.25) is 0 Å². The maximum atomic E-state index is 5.57. The number of ether oxygens (including phenoxy) is 1. The molecular formula is C11H11BrN4O. The number of benzene rings is 1. The van der Waals surface area contributed by atoms with Gasteiger partial charge in [-0.25, -0.2) is 9.97 Å². The number of rotatable bonds is 3. The number of nitrogens with two attached hydrogens (primary N) is 1. The van der Waals surface area contributed by atoms with Gasteiger partial charge in [-0.05, 0) is 34.1 Å². The third-order valence-electron chi connectivity index (χ3n) is 2.11. The molecule has 0 bridgehead atoms. The van der Waals surface area contributed by atoms with Gasteiger partial charge in [-0.2, -0.15) is 0 Å². The molecule has 3 N–H and O–H groups in total. The predicted molar refractivity (Wildman–Crippen MR) is 70.4 cm³/mol. The number of hydrogen-bond donors (Lipinski definition) is 2. The first kappa shape index (κ1) is 11.7. The summed E-state index contributed by atoms with van der Waals surface area (Å²) in [5.74, 6) is 1.85. The van der Waals surface area contributed by atoms with Gasteiger partial charge in [0.15, 0.2) is 0 Å². The third kappa shape index (κ3) is 2.85. The van der Waals surface area contributed by atoms with Gasteiger partial charge < -0.3 is 15.8 Å². The Kier molecular flexibility index (Phi) is 3.43. The second kappa shape index (κ2) is 5.01. The van der Waals surface area contributed by atoms with Crippen LogP contribution in [0, 0.1) is 0 Å². The van der Waals surface area contributed by atoms with E-state index in [0.29, 0.717) is 11.6 Å². The van der Waals surface area contributed by atoms with Crippen molar-refractivity contribution in [1.29, 1.82) is 0 Å². The molecule has 0 aliphatic carbocycles. The quantitative estimate of drug-likeness (QED) is 0.910. The highest BCUT2D eigenvalue weighted by Crippen LogP contribution is 2.28. The normalized spacial score (nSPS) is 10.0. The second-order valence-corrected chi connectivity index (χ2v) is 4.16.